The Bertz CT molecular complexity index is 498. The molecule has 1 heterocycles. The third-order valence-corrected chi connectivity index (χ3v) is 6.81. The second-order valence-electron chi connectivity index (χ2n) is 4.79. The molecule has 1 aromatic heterocycles. The first-order valence-corrected chi connectivity index (χ1v) is 8.55. The molecule has 0 atom stereocenters. The van der Waals surface area contributed by atoms with Crippen LogP contribution in [-0.2, 0) is 16.4 Å². The molecule has 6 heteroatoms. The Morgan fingerprint density at radius 2 is 2.17 bits per heavy atom. The molecule has 1 aromatic rings. The van der Waals surface area contributed by atoms with E-state index < -0.39 is 10.0 Å². The van der Waals surface area contributed by atoms with Gasteiger partial charge in [0.2, 0.25) is 0 Å². The zero-order valence-electron chi connectivity index (χ0n) is 10.5. The van der Waals surface area contributed by atoms with Gasteiger partial charge in [0.25, 0.3) is 10.0 Å². The van der Waals surface area contributed by atoms with Crippen LogP contribution in [0.25, 0.3) is 0 Å². The largest absolute Gasteiger partial charge is 0.396 e. The van der Waals surface area contributed by atoms with E-state index in [9.17, 15) is 8.42 Å². The van der Waals surface area contributed by atoms with Crippen LogP contribution >= 0.6 is 11.3 Å². The maximum absolute atomic E-state index is 12.3. The van der Waals surface area contributed by atoms with Crippen molar-refractivity contribution >= 4 is 21.4 Å². The van der Waals surface area contributed by atoms with Crippen molar-refractivity contribution < 1.29 is 13.5 Å². The number of hydrogen-bond acceptors (Lipinski definition) is 4. The third-order valence-electron chi connectivity index (χ3n) is 3.60. The Morgan fingerprint density at radius 1 is 1.44 bits per heavy atom. The zero-order valence-corrected chi connectivity index (χ0v) is 12.1. The maximum Gasteiger partial charge on any atom is 0.250 e. The van der Waals surface area contributed by atoms with Gasteiger partial charge in [0.1, 0.15) is 4.21 Å². The number of aliphatic hydroxyl groups excluding tert-OH is 1. The predicted octanol–water partition coefficient (Wildman–Crippen LogP) is 1.89. The number of sulfonamides is 1. The number of nitrogens with one attached hydrogen (secondary N) is 1. The van der Waals surface area contributed by atoms with Gasteiger partial charge in [-0.05, 0) is 37.8 Å². The minimum atomic E-state index is -3.40. The summed E-state index contributed by atoms with van der Waals surface area (Å²) in [5.41, 5.74) is -0.222. The summed E-state index contributed by atoms with van der Waals surface area (Å²) in [6.07, 6.45) is 4.30. The van der Waals surface area contributed by atoms with Gasteiger partial charge in [0, 0.05) is 23.4 Å². The molecule has 1 fully saturated rings. The van der Waals surface area contributed by atoms with Gasteiger partial charge >= 0.3 is 0 Å². The Hall–Kier alpha value is -0.430. The van der Waals surface area contributed by atoms with Crippen molar-refractivity contribution in [3.05, 3.63) is 17.0 Å². The number of hydrogen-bond donors (Lipinski definition) is 2. The van der Waals surface area contributed by atoms with Crippen LogP contribution in [-0.4, -0.2) is 25.7 Å². The fourth-order valence-electron chi connectivity index (χ4n) is 2.21. The Balaban J connectivity index is 2.14. The minimum absolute atomic E-state index is 0.0479. The summed E-state index contributed by atoms with van der Waals surface area (Å²) in [5, 5.41) is 8.85. The molecule has 1 saturated carbocycles. The van der Waals surface area contributed by atoms with Crippen LogP contribution in [0.15, 0.2) is 16.3 Å². The summed E-state index contributed by atoms with van der Waals surface area (Å²) in [6, 6.07) is 3.40. The number of rotatable bonds is 6. The molecule has 2 rings (SSSR count). The highest BCUT2D eigenvalue weighted by atomic mass is 32.2. The smallest absolute Gasteiger partial charge is 0.250 e. The molecule has 0 radical (unpaired) electrons. The first kappa shape index (κ1) is 14.0. The lowest BCUT2D eigenvalue weighted by Gasteiger charge is -2.41. The van der Waals surface area contributed by atoms with E-state index in [-0.39, 0.29) is 12.1 Å². The Morgan fingerprint density at radius 3 is 2.67 bits per heavy atom. The van der Waals surface area contributed by atoms with Gasteiger partial charge in [-0.3, -0.25) is 0 Å². The summed E-state index contributed by atoms with van der Waals surface area (Å²) in [6.45, 7) is 2.07. The highest BCUT2D eigenvalue weighted by molar-refractivity contribution is 7.91. The molecule has 4 nitrogen and oxygen atoms in total. The van der Waals surface area contributed by atoms with Crippen molar-refractivity contribution in [2.45, 2.75) is 48.8 Å². The lowest BCUT2D eigenvalue weighted by atomic mass is 9.76. The Labute approximate surface area is 112 Å². The second kappa shape index (κ2) is 5.28. The molecule has 0 aromatic carbocycles. The van der Waals surface area contributed by atoms with Gasteiger partial charge in [-0.25, -0.2) is 13.1 Å². The van der Waals surface area contributed by atoms with Gasteiger partial charge in [-0.15, -0.1) is 11.3 Å². The van der Waals surface area contributed by atoms with Crippen LogP contribution in [0.5, 0.6) is 0 Å². The van der Waals surface area contributed by atoms with E-state index in [1.54, 1.807) is 12.1 Å². The molecular weight excluding hydrogens is 270 g/mol. The average Bonchev–Trinajstić information content (AvgIpc) is 2.73. The number of thiophene rings is 1. The third kappa shape index (κ3) is 2.77. The summed E-state index contributed by atoms with van der Waals surface area (Å²) in [4.78, 5) is 0.900. The molecule has 0 bridgehead atoms. The maximum atomic E-state index is 12.3. The van der Waals surface area contributed by atoms with Crippen LogP contribution in [0.3, 0.4) is 0 Å². The summed E-state index contributed by atoms with van der Waals surface area (Å²) >= 11 is 1.24. The SMILES string of the molecule is CCC1(NS(=O)(=O)c2ccc(CCO)s2)CCC1. The molecular formula is C12H19NO3S2. The molecule has 0 saturated heterocycles. The van der Waals surface area contributed by atoms with E-state index in [1.807, 2.05) is 6.92 Å². The molecule has 18 heavy (non-hydrogen) atoms. The van der Waals surface area contributed by atoms with Crippen LogP contribution < -0.4 is 4.72 Å². The van der Waals surface area contributed by atoms with Gasteiger partial charge in [0.05, 0.1) is 0 Å². The summed E-state index contributed by atoms with van der Waals surface area (Å²) in [5.74, 6) is 0. The van der Waals surface area contributed by atoms with E-state index in [2.05, 4.69) is 4.72 Å². The van der Waals surface area contributed by atoms with Crippen LogP contribution in [0.2, 0.25) is 0 Å². The quantitative estimate of drug-likeness (QED) is 0.840. The van der Waals surface area contributed by atoms with Crippen LogP contribution in [0, 0.1) is 0 Å². The molecule has 0 amide bonds. The molecule has 1 aliphatic carbocycles. The van der Waals surface area contributed by atoms with E-state index in [0.29, 0.717) is 10.6 Å². The van der Waals surface area contributed by atoms with Gasteiger partial charge < -0.3 is 5.11 Å². The van der Waals surface area contributed by atoms with Crippen molar-refractivity contribution in [2.75, 3.05) is 6.61 Å². The van der Waals surface area contributed by atoms with Crippen molar-refractivity contribution in [2.24, 2.45) is 0 Å². The molecule has 0 spiro atoms. The van der Waals surface area contributed by atoms with Crippen molar-refractivity contribution in [1.82, 2.24) is 4.72 Å². The predicted molar refractivity (Wildman–Crippen MR) is 72.3 cm³/mol. The lowest BCUT2D eigenvalue weighted by Crippen LogP contribution is -2.52. The standard InChI is InChI=1S/C12H19NO3S2/c1-2-12(7-3-8-12)13-18(15,16)11-5-4-10(17-11)6-9-14/h4-5,13-14H,2-3,6-9H2,1H3. The fraction of sp³-hybridized carbons (Fsp3) is 0.667. The van der Waals surface area contributed by atoms with Crippen molar-refractivity contribution in [1.29, 1.82) is 0 Å². The van der Waals surface area contributed by atoms with Gasteiger partial charge in [-0.2, -0.15) is 0 Å². The average molecular weight is 289 g/mol. The first-order chi connectivity index (χ1) is 8.51. The topological polar surface area (TPSA) is 66.4 Å². The van der Waals surface area contributed by atoms with E-state index in [4.69, 9.17) is 5.11 Å². The van der Waals surface area contributed by atoms with Crippen molar-refractivity contribution in [3.63, 3.8) is 0 Å². The number of aliphatic hydroxyl groups is 1. The molecule has 0 aliphatic heterocycles. The minimum Gasteiger partial charge on any atom is -0.396 e. The van der Waals surface area contributed by atoms with Crippen LogP contribution in [0.1, 0.15) is 37.5 Å². The lowest BCUT2D eigenvalue weighted by molar-refractivity contribution is 0.214. The van der Waals surface area contributed by atoms with Crippen LogP contribution in [0.4, 0.5) is 0 Å². The normalized spacial score (nSPS) is 18.6. The highest BCUT2D eigenvalue weighted by Crippen LogP contribution is 2.36. The van der Waals surface area contributed by atoms with Crippen molar-refractivity contribution in [3.8, 4) is 0 Å². The first-order valence-electron chi connectivity index (χ1n) is 6.25. The van der Waals surface area contributed by atoms with Gasteiger partial charge in [0.15, 0.2) is 0 Å². The highest BCUT2D eigenvalue weighted by Gasteiger charge is 2.39. The van der Waals surface area contributed by atoms with E-state index >= 15 is 0 Å². The summed E-state index contributed by atoms with van der Waals surface area (Å²) in [7, 11) is -3.40. The molecule has 2 N–H and O–H groups in total. The molecule has 1 aliphatic rings. The van der Waals surface area contributed by atoms with E-state index in [1.165, 1.54) is 11.3 Å². The summed E-state index contributed by atoms with van der Waals surface area (Å²) < 4.78 is 27.7. The van der Waals surface area contributed by atoms with Gasteiger partial charge in [-0.1, -0.05) is 6.92 Å². The molecule has 0 unspecified atom stereocenters. The second-order valence-corrected chi connectivity index (χ2v) is 7.86. The molecule has 102 valence electrons. The Kier molecular flexibility index (Phi) is 4.11. The van der Waals surface area contributed by atoms with E-state index in [0.717, 1.165) is 30.6 Å². The fourth-order valence-corrected chi connectivity index (χ4v) is 5.09. The zero-order chi connectivity index (χ0) is 13.2. The monoisotopic (exact) mass is 289 g/mol.